The molecule has 3 rings (SSSR count). The zero-order chi connectivity index (χ0) is 20.1. The van der Waals surface area contributed by atoms with Crippen LogP contribution in [0.2, 0.25) is 0 Å². The van der Waals surface area contributed by atoms with Gasteiger partial charge in [-0.25, -0.2) is 4.39 Å². The van der Waals surface area contributed by atoms with Gasteiger partial charge in [-0.05, 0) is 42.3 Å². The zero-order valence-electron chi connectivity index (χ0n) is 17.6. The Kier molecular flexibility index (Phi) is 8.41. The number of nitrogens with zero attached hydrogens (tertiary/aromatic N) is 1. The Morgan fingerprint density at radius 3 is 2.10 bits per heavy atom. The lowest BCUT2D eigenvalue weighted by molar-refractivity contribution is -0.900. The number of anilines is 1. The van der Waals surface area contributed by atoms with Crippen LogP contribution in [0.15, 0.2) is 30.3 Å². The third-order valence-electron chi connectivity index (χ3n) is 5.48. The third-order valence-corrected chi connectivity index (χ3v) is 5.48. The monoisotopic (exact) mass is 424 g/mol. The number of quaternary nitrogens is 1. The second kappa shape index (κ2) is 10.6. The van der Waals surface area contributed by atoms with E-state index in [-0.39, 0.29) is 18.2 Å². The number of benzene rings is 2. The Bertz CT molecular complexity index is 786. The first-order valence-electron chi connectivity index (χ1n) is 9.69. The lowest BCUT2D eigenvalue weighted by atomic mass is 10.1. The molecular formula is C22H30ClFN2O3. The van der Waals surface area contributed by atoms with Crippen LogP contribution in [0.5, 0.6) is 17.2 Å². The molecule has 0 unspecified atom stereocenters. The van der Waals surface area contributed by atoms with Crippen LogP contribution in [-0.4, -0.2) is 54.1 Å². The molecule has 7 heteroatoms. The zero-order valence-corrected chi connectivity index (χ0v) is 18.3. The maximum atomic E-state index is 13.8. The fourth-order valence-corrected chi connectivity index (χ4v) is 3.71. The molecule has 0 amide bonds. The van der Waals surface area contributed by atoms with Crippen molar-refractivity contribution in [2.45, 2.75) is 13.3 Å². The first-order valence-corrected chi connectivity index (χ1v) is 9.69. The van der Waals surface area contributed by atoms with E-state index >= 15 is 0 Å². The molecule has 1 aliphatic rings. The van der Waals surface area contributed by atoms with Gasteiger partial charge in [-0.1, -0.05) is 6.07 Å². The van der Waals surface area contributed by atoms with E-state index in [4.69, 9.17) is 14.2 Å². The number of halogens is 2. The van der Waals surface area contributed by atoms with Gasteiger partial charge >= 0.3 is 0 Å². The van der Waals surface area contributed by atoms with Crippen molar-refractivity contribution in [1.29, 1.82) is 0 Å². The van der Waals surface area contributed by atoms with Gasteiger partial charge in [0.1, 0.15) is 5.82 Å². The third kappa shape index (κ3) is 5.46. The maximum Gasteiger partial charge on any atom is 0.203 e. The highest BCUT2D eigenvalue weighted by atomic mass is 35.5. The van der Waals surface area contributed by atoms with Crippen molar-refractivity contribution in [1.82, 2.24) is 0 Å². The molecule has 1 saturated heterocycles. The van der Waals surface area contributed by atoms with Crippen LogP contribution in [-0.2, 0) is 6.42 Å². The Morgan fingerprint density at radius 1 is 0.966 bits per heavy atom. The number of hydrogen-bond acceptors (Lipinski definition) is 4. The Balaban J connectivity index is 0.00000300. The summed E-state index contributed by atoms with van der Waals surface area (Å²) in [5, 5.41) is 0. The Labute approximate surface area is 178 Å². The fourth-order valence-electron chi connectivity index (χ4n) is 3.71. The minimum absolute atomic E-state index is 0. The standard InChI is InChI=1S/C22H29FN2O3.ClH/c1-16-5-6-18(15-19(16)23)25-11-9-24(10-12-25)8-7-17-13-20(26-2)22(28-4)21(14-17)27-3;/h5-6,13-15H,7-12H2,1-4H3;1H. The van der Waals surface area contributed by atoms with Gasteiger partial charge in [-0.15, -0.1) is 0 Å². The van der Waals surface area contributed by atoms with Crippen molar-refractivity contribution in [3.05, 3.63) is 47.3 Å². The highest BCUT2D eigenvalue weighted by Crippen LogP contribution is 2.38. The number of ether oxygens (including phenoxy) is 3. The van der Waals surface area contributed by atoms with E-state index in [0.717, 1.165) is 44.8 Å². The second-order valence-corrected chi connectivity index (χ2v) is 7.20. The number of methoxy groups -OCH3 is 3. The minimum Gasteiger partial charge on any atom is -1.00 e. The molecule has 1 fully saturated rings. The normalized spacial score (nSPS) is 14.3. The van der Waals surface area contributed by atoms with Gasteiger partial charge in [0.05, 0.1) is 54.1 Å². The van der Waals surface area contributed by atoms with Gasteiger partial charge in [-0.3, -0.25) is 0 Å². The van der Waals surface area contributed by atoms with E-state index in [2.05, 4.69) is 4.90 Å². The summed E-state index contributed by atoms with van der Waals surface area (Å²) in [6.45, 7) is 6.79. The SMILES string of the molecule is COc1cc(CC[NH+]2CCN(c3ccc(C)c(F)c3)CC2)cc(OC)c1OC.[Cl-]. The summed E-state index contributed by atoms with van der Waals surface area (Å²) >= 11 is 0. The summed E-state index contributed by atoms with van der Waals surface area (Å²) in [4.78, 5) is 3.82. The molecule has 1 aliphatic heterocycles. The van der Waals surface area contributed by atoms with Crippen LogP contribution >= 0.6 is 0 Å². The maximum absolute atomic E-state index is 13.8. The lowest BCUT2D eigenvalue weighted by Gasteiger charge is -2.33. The van der Waals surface area contributed by atoms with E-state index in [0.29, 0.717) is 22.8 Å². The van der Waals surface area contributed by atoms with Crippen molar-refractivity contribution < 1.29 is 35.9 Å². The lowest BCUT2D eigenvalue weighted by Crippen LogP contribution is -3.15. The van der Waals surface area contributed by atoms with E-state index in [1.165, 1.54) is 5.56 Å². The summed E-state index contributed by atoms with van der Waals surface area (Å²) in [6.07, 6.45) is 0.936. The van der Waals surface area contributed by atoms with Crippen molar-refractivity contribution >= 4 is 5.69 Å². The molecule has 2 aromatic carbocycles. The largest absolute Gasteiger partial charge is 1.00 e. The van der Waals surface area contributed by atoms with Crippen LogP contribution in [0.4, 0.5) is 10.1 Å². The summed E-state index contributed by atoms with van der Waals surface area (Å²) < 4.78 is 30.1. The second-order valence-electron chi connectivity index (χ2n) is 7.20. The Morgan fingerprint density at radius 2 is 1.59 bits per heavy atom. The van der Waals surface area contributed by atoms with Gasteiger partial charge < -0.3 is 36.4 Å². The summed E-state index contributed by atoms with van der Waals surface area (Å²) in [5.41, 5.74) is 2.84. The van der Waals surface area contributed by atoms with E-state index in [1.54, 1.807) is 39.2 Å². The molecule has 2 aromatic rings. The number of nitrogens with one attached hydrogen (secondary N) is 1. The Hall–Kier alpha value is -2.18. The average molecular weight is 425 g/mol. The molecule has 0 bridgehead atoms. The molecule has 0 radical (unpaired) electrons. The van der Waals surface area contributed by atoms with Gasteiger partial charge in [0.25, 0.3) is 0 Å². The summed E-state index contributed by atoms with van der Waals surface area (Å²) in [5.74, 6) is 1.88. The quantitative estimate of drug-likeness (QED) is 0.625. The predicted molar refractivity (Wildman–Crippen MR) is 109 cm³/mol. The molecule has 29 heavy (non-hydrogen) atoms. The molecular weight excluding hydrogens is 395 g/mol. The molecule has 0 atom stereocenters. The predicted octanol–water partition coefficient (Wildman–Crippen LogP) is -0.888. The highest BCUT2D eigenvalue weighted by molar-refractivity contribution is 5.54. The van der Waals surface area contributed by atoms with Gasteiger partial charge in [0.15, 0.2) is 11.5 Å². The van der Waals surface area contributed by atoms with Crippen molar-refractivity contribution in [2.24, 2.45) is 0 Å². The van der Waals surface area contributed by atoms with Crippen LogP contribution in [0.1, 0.15) is 11.1 Å². The van der Waals surface area contributed by atoms with Crippen LogP contribution < -0.4 is 36.4 Å². The smallest absolute Gasteiger partial charge is 0.203 e. The summed E-state index contributed by atoms with van der Waals surface area (Å²) in [6, 6.07) is 9.56. The number of aryl methyl sites for hydroxylation is 1. The topological polar surface area (TPSA) is 35.4 Å². The van der Waals surface area contributed by atoms with E-state index in [1.807, 2.05) is 24.3 Å². The van der Waals surface area contributed by atoms with Gasteiger partial charge in [-0.2, -0.15) is 0 Å². The van der Waals surface area contributed by atoms with Gasteiger partial charge in [0, 0.05) is 12.1 Å². The molecule has 0 aliphatic carbocycles. The van der Waals surface area contributed by atoms with E-state index < -0.39 is 0 Å². The molecule has 5 nitrogen and oxygen atoms in total. The first kappa shape index (κ1) is 23.1. The highest BCUT2D eigenvalue weighted by Gasteiger charge is 2.21. The van der Waals surface area contributed by atoms with E-state index in [9.17, 15) is 4.39 Å². The van der Waals surface area contributed by atoms with Crippen LogP contribution in [0, 0.1) is 12.7 Å². The molecule has 160 valence electrons. The van der Waals surface area contributed by atoms with Crippen molar-refractivity contribution in [3.63, 3.8) is 0 Å². The van der Waals surface area contributed by atoms with Crippen molar-refractivity contribution in [2.75, 3.05) is 59.0 Å². The molecule has 0 spiro atoms. The summed E-state index contributed by atoms with van der Waals surface area (Å²) in [7, 11) is 4.89. The van der Waals surface area contributed by atoms with Crippen LogP contribution in [0.25, 0.3) is 0 Å². The minimum atomic E-state index is -0.130. The average Bonchev–Trinajstić information content (AvgIpc) is 2.73. The van der Waals surface area contributed by atoms with Crippen molar-refractivity contribution in [3.8, 4) is 17.2 Å². The molecule has 0 saturated carbocycles. The number of rotatable bonds is 7. The molecule has 1 heterocycles. The van der Waals surface area contributed by atoms with Gasteiger partial charge in [0.2, 0.25) is 5.75 Å². The molecule has 1 N–H and O–H groups in total. The first-order chi connectivity index (χ1) is 13.5. The number of hydrogen-bond donors (Lipinski definition) is 1. The number of piperazine rings is 1. The molecule has 0 aromatic heterocycles. The van der Waals surface area contributed by atoms with Crippen LogP contribution in [0.3, 0.4) is 0 Å². The fraction of sp³-hybridized carbons (Fsp3) is 0.455.